The summed E-state index contributed by atoms with van der Waals surface area (Å²) in [5.74, 6) is -2.22. The van der Waals surface area contributed by atoms with Gasteiger partial charge in [-0.05, 0) is 64.7 Å². The molecule has 1 aliphatic heterocycles. The molecule has 2 rings (SSSR count). The summed E-state index contributed by atoms with van der Waals surface area (Å²) in [5.41, 5.74) is -1.92. The Bertz CT molecular complexity index is 1320. The van der Waals surface area contributed by atoms with Gasteiger partial charge in [0.1, 0.15) is 34.0 Å². The molecule has 46 heavy (non-hydrogen) atoms. The first-order valence-electron chi connectivity index (χ1n) is 15.2. The number of cyclic esters (lactones) is 1. The third kappa shape index (κ3) is 12.8. The van der Waals surface area contributed by atoms with Crippen molar-refractivity contribution in [1.82, 2.24) is 26.3 Å². The number of allylic oxidation sites excluding steroid dienone is 1. The van der Waals surface area contributed by atoms with Crippen molar-refractivity contribution in [2.75, 3.05) is 5.75 Å². The van der Waals surface area contributed by atoms with Crippen molar-refractivity contribution in [3.05, 3.63) is 28.2 Å². The number of alkyl carbamates (subject to hydrolysis) is 1. The van der Waals surface area contributed by atoms with Crippen molar-refractivity contribution in [3.8, 4) is 0 Å². The average Bonchev–Trinajstić information content (AvgIpc) is 3.40. The lowest BCUT2D eigenvalue weighted by atomic mass is 9.99. The second-order valence-corrected chi connectivity index (χ2v) is 15.3. The monoisotopic (exact) mass is 683 g/mol. The molecule has 1 aliphatic rings. The number of ether oxygens (including phenoxy) is 2. The number of aliphatic hydroxyl groups excluding tert-OH is 1. The fourth-order valence-corrected chi connectivity index (χ4v) is 5.87. The van der Waals surface area contributed by atoms with Gasteiger partial charge in [-0.2, -0.15) is 11.4 Å². The maximum absolute atomic E-state index is 13.3. The summed E-state index contributed by atoms with van der Waals surface area (Å²) in [4.78, 5) is 68.5. The number of carbonyl (C=O) groups excluding carboxylic acids is 5. The van der Waals surface area contributed by atoms with Gasteiger partial charge in [0.25, 0.3) is 5.91 Å². The van der Waals surface area contributed by atoms with Crippen LogP contribution in [0.1, 0.15) is 90.7 Å². The van der Waals surface area contributed by atoms with Crippen molar-refractivity contribution < 1.29 is 38.6 Å². The van der Waals surface area contributed by atoms with Crippen LogP contribution in [0.15, 0.2) is 17.5 Å². The topological polar surface area (TPSA) is 185 Å². The molecule has 0 saturated carbocycles. The first-order valence-corrected chi connectivity index (χ1v) is 17.2. The quantitative estimate of drug-likeness (QED) is 0.0786. The highest BCUT2D eigenvalue weighted by Crippen LogP contribution is 2.16. The highest BCUT2D eigenvalue weighted by atomic mass is 32.1. The SMILES string of the molecule is CC(C)[C@@H]1NC(=O)C(C)(C)NC(=O)c2csc(n2)CNC(=O)C[C@@H](/C=C/CC/[SH]=C(/O)[C@@H](NC(=O)OC(C)(C)C)C(C)C)OC1=O. The molecule has 2 heterocycles. The number of aliphatic hydroxyl groups is 1. The molecule has 13 nitrogen and oxygen atoms in total. The molecular formula is C31H49N5O8S2. The Kier molecular flexibility index (Phi) is 14.4. The molecule has 4 amide bonds. The molecule has 0 radical (unpaired) electrons. The van der Waals surface area contributed by atoms with E-state index >= 15 is 0 Å². The number of thiol groups is 1. The van der Waals surface area contributed by atoms with Gasteiger partial charge in [-0.25, -0.2) is 14.6 Å². The van der Waals surface area contributed by atoms with E-state index in [1.54, 1.807) is 52.2 Å². The Labute approximate surface area is 278 Å². The van der Waals surface area contributed by atoms with Crippen LogP contribution < -0.4 is 21.3 Å². The van der Waals surface area contributed by atoms with Gasteiger partial charge in [0, 0.05) is 5.38 Å². The second-order valence-electron chi connectivity index (χ2n) is 13.2. The number of hydrogen-bond donors (Lipinski definition) is 6. The summed E-state index contributed by atoms with van der Waals surface area (Å²) in [7, 11) is 0. The zero-order chi connectivity index (χ0) is 34.8. The van der Waals surface area contributed by atoms with Crippen LogP contribution in [-0.4, -0.2) is 80.0 Å². The van der Waals surface area contributed by atoms with Crippen molar-refractivity contribution in [1.29, 1.82) is 0 Å². The van der Waals surface area contributed by atoms with Crippen LogP contribution >= 0.6 is 22.7 Å². The highest BCUT2D eigenvalue weighted by molar-refractivity contribution is 7.98. The lowest BCUT2D eigenvalue weighted by molar-refractivity contribution is -0.153. The summed E-state index contributed by atoms with van der Waals surface area (Å²) in [6.07, 6.45) is 2.09. The van der Waals surface area contributed by atoms with Gasteiger partial charge in [-0.1, -0.05) is 33.8 Å². The number of fused-ring (bicyclic) bond motifs is 2. The first-order chi connectivity index (χ1) is 21.3. The first kappa shape index (κ1) is 38.9. The molecule has 5 N–H and O–H groups in total. The zero-order valence-electron chi connectivity index (χ0n) is 28.1. The number of nitrogens with zero attached hydrogens (tertiary/aromatic N) is 1. The zero-order valence-corrected chi connectivity index (χ0v) is 29.8. The minimum atomic E-state index is -1.36. The number of hydrogen-bond acceptors (Lipinski definition) is 9. The molecule has 0 spiro atoms. The number of thiazole rings is 1. The summed E-state index contributed by atoms with van der Waals surface area (Å²) in [5, 5.41) is 23.6. The number of aromatic nitrogens is 1. The molecule has 258 valence electrons. The number of esters is 1. The molecule has 0 aromatic carbocycles. The van der Waals surface area contributed by atoms with E-state index < -0.39 is 59.1 Å². The van der Waals surface area contributed by atoms with E-state index in [9.17, 15) is 29.1 Å². The highest BCUT2D eigenvalue weighted by Gasteiger charge is 2.36. The van der Waals surface area contributed by atoms with Gasteiger partial charge in [0.15, 0.2) is 0 Å². The Morgan fingerprint density at radius 2 is 1.91 bits per heavy atom. The number of nitrogens with one attached hydrogen (secondary N) is 4. The molecular weight excluding hydrogens is 635 g/mol. The molecule has 1 aromatic heterocycles. The van der Waals surface area contributed by atoms with Crippen LogP contribution in [0, 0.1) is 11.8 Å². The van der Waals surface area contributed by atoms with Crippen molar-refractivity contribution >= 4 is 57.5 Å². The Balaban J connectivity index is 2.21. The van der Waals surface area contributed by atoms with Gasteiger partial charge >= 0.3 is 12.1 Å². The minimum absolute atomic E-state index is 0.0714. The van der Waals surface area contributed by atoms with Crippen LogP contribution in [0.4, 0.5) is 4.79 Å². The van der Waals surface area contributed by atoms with Crippen LogP contribution in [0.3, 0.4) is 0 Å². The predicted octanol–water partition coefficient (Wildman–Crippen LogP) is 3.37. The molecule has 0 fully saturated rings. The number of rotatable bonds is 8. The lowest BCUT2D eigenvalue weighted by Crippen LogP contribution is -2.59. The van der Waals surface area contributed by atoms with Crippen LogP contribution in [-0.2, 0) is 30.4 Å². The summed E-state index contributed by atoms with van der Waals surface area (Å²) in [6.45, 7) is 15.6. The Morgan fingerprint density at radius 3 is 2.52 bits per heavy atom. The number of carbonyl (C=O) groups is 5. The van der Waals surface area contributed by atoms with Gasteiger partial charge in [-0.15, -0.1) is 11.3 Å². The van der Waals surface area contributed by atoms with Crippen LogP contribution in [0.25, 0.3) is 0 Å². The van der Waals surface area contributed by atoms with Gasteiger partial charge in [0.05, 0.1) is 24.1 Å². The van der Waals surface area contributed by atoms with E-state index in [0.717, 1.165) is 0 Å². The normalized spacial score (nSPS) is 21.2. The Hall–Kier alpha value is -3.30. The van der Waals surface area contributed by atoms with Crippen molar-refractivity contribution in [2.45, 2.75) is 111 Å². The molecule has 0 unspecified atom stereocenters. The second kappa shape index (κ2) is 17.0. The smallest absolute Gasteiger partial charge is 0.408 e. The van der Waals surface area contributed by atoms with Crippen LogP contribution in [0.5, 0.6) is 0 Å². The maximum atomic E-state index is 13.3. The van der Waals surface area contributed by atoms with Gasteiger partial charge in [0.2, 0.25) is 11.8 Å². The standard InChI is InChI=1S/C31H49N5O8S2/c1-17(2)23-26(39)43-19(12-10-11-13-45-27(40)24(18(3)4)35-29(42)44-30(5,6)7)14-21(37)32-15-22-33-20(16-46-22)25(38)36-31(8,9)28(41)34-23/h10,12,16-19,23-24,40,45H,11,13-15H2,1-9H3,(H,32,37)(H,34,41)(H,35,42)(H,36,38)/b12-10+/t19-,23+,24+/m1/s1. The minimum Gasteiger partial charge on any atom is -0.456 e. The molecule has 1 aromatic rings. The maximum Gasteiger partial charge on any atom is 0.408 e. The fraction of sp³-hybridized carbons (Fsp3) is 0.645. The molecule has 15 heteroatoms. The van der Waals surface area contributed by atoms with Gasteiger partial charge in [-0.3, -0.25) is 14.4 Å². The molecule has 0 saturated heterocycles. The third-order valence-corrected chi connectivity index (χ3v) is 8.55. The van der Waals surface area contributed by atoms with Gasteiger partial charge < -0.3 is 35.8 Å². The van der Waals surface area contributed by atoms with Crippen molar-refractivity contribution in [3.63, 3.8) is 0 Å². The number of amides is 4. The van der Waals surface area contributed by atoms with E-state index in [4.69, 9.17) is 9.47 Å². The largest absolute Gasteiger partial charge is 0.456 e. The van der Waals surface area contributed by atoms with E-state index in [1.807, 2.05) is 13.8 Å². The lowest BCUT2D eigenvalue weighted by Gasteiger charge is -2.29. The van der Waals surface area contributed by atoms with E-state index in [2.05, 4.69) is 26.3 Å². The Morgan fingerprint density at radius 1 is 1.24 bits per heavy atom. The fourth-order valence-electron chi connectivity index (χ4n) is 4.08. The molecule has 2 bridgehead atoms. The van der Waals surface area contributed by atoms with Crippen molar-refractivity contribution in [2.24, 2.45) is 11.8 Å². The average molecular weight is 684 g/mol. The molecule has 3 atom stereocenters. The third-order valence-electron chi connectivity index (χ3n) is 6.61. The predicted molar refractivity (Wildman–Crippen MR) is 180 cm³/mol. The molecule has 0 aliphatic carbocycles. The summed E-state index contributed by atoms with van der Waals surface area (Å²) in [6, 6.07) is -1.65. The summed E-state index contributed by atoms with van der Waals surface area (Å²) >= 11 is 1.78. The van der Waals surface area contributed by atoms with E-state index in [0.29, 0.717) is 28.5 Å². The summed E-state index contributed by atoms with van der Waals surface area (Å²) < 4.78 is 11.0. The van der Waals surface area contributed by atoms with E-state index in [1.165, 1.54) is 25.2 Å². The van der Waals surface area contributed by atoms with Crippen LogP contribution in [0.2, 0.25) is 0 Å². The van der Waals surface area contributed by atoms with E-state index in [-0.39, 0.29) is 35.5 Å².